The van der Waals surface area contributed by atoms with Gasteiger partial charge < -0.3 is 20.7 Å². The minimum absolute atomic E-state index is 0.00393. The third-order valence-corrected chi connectivity index (χ3v) is 5.70. The van der Waals surface area contributed by atoms with Gasteiger partial charge in [-0.3, -0.25) is 10.2 Å². The van der Waals surface area contributed by atoms with Crippen molar-refractivity contribution in [2.75, 3.05) is 36.3 Å². The molecule has 4 rings (SSSR count). The van der Waals surface area contributed by atoms with Crippen molar-refractivity contribution in [2.45, 2.75) is 25.9 Å². The largest absolute Gasteiger partial charge is 0.495 e. The predicted molar refractivity (Wildman–Crippen MR) is 135 cm³/mol. The molecule has 1 aromatic carbocycles. The van der Waals surface area contributed by atoms with E-state index in [2.05, 4.69) is 66.1 Å². The zero-order chi connectivity index (χ0) is 24.9. The lowest BCUT2D eigenvalue weighted by atomic mass is 10.2. The van der Waals surface area contributed by atoms with Crippen LogP contribution in [-0.4, -0.2) is 58.2 Å². The fourth-order valence-electron chi connectivity index (χ4n) is 3.78. The lowest BCUT2D eigenvalue weighted by molar-refractivity contribution is 0.102. The molecule has 2 aromatic heterocycles. The average molecular weight is 545 g/mol. The number of hydrogen-bond donors (Lipinski definition) is 4. The molecular weight excluding hydrogens is 519 g/mol. The van der Waals surface area contributed by atoms with E-state index < -0.39 is 11.7 Å². The Morgan fingerprint density at radius 1 is 1.17 bits per heavy atom. The Morgan fingerprint density at radius 2 is 1.94 bits per heavy atom. The van der Waals surface area contributed by atoms with Crippen LogP contribution in [0.15, 0.2) is 47.2 Å². The van der Waals surface area contributed by atoms with Gasteiger partial charge in [-0.25, -0.2) is 19.4 Å². The van der Waals surface area contributed by atoms with Crippen LogP contribution in [0.25, 0.3) is 0 Å². The summed E-state index contributed by atoms with van der Waals surface area (Å²) in [5.41, 5.74) is 4.28. The molecule has 1 aliphatic rings. The average Bonchev–Trinajstić information content (AvgIpc) is 2.81. The van der Waals surface area contributed by atoms with Crippen LogP contribution < -0.4 is 26.1 Å². The first-order chi connectivity index (χ1) is 16.8. The number of amides is 1. The van der Waals surface area contributed by atoms with E-state index in [0.717, 1.165) is 23.8 Å². The molecule has 184 valence electrons. The Bertz CT molecular complexity index is 1190. The number of nitrogens with zero attached hydrogens (tertiary/aromatic N) is 4. The fourth-order valence-corrected chi connectivity index (χ4v) is 4.02. The molecule has 0 spiro atoms. The summed E-state index contributed by atoms with van der Waals surface area (Å²) >= 11 is 3.30. The predicted octanol–water partition coefficient (Wildman–Crippen LogP) is 3.79. The van der Waals surface area contributed by atoms with Gasteiger partial charge in [-0.2, -0.15) is 4.98 Å². The Kier molecular flexibility index (Phi) is 7.73. The van der Waals surface area contributed by atoms with Gasteiger partial charge >= 0.3 is 0 Å². The number of anilines is 4. The third kappa shape index (κ3) is 6.41. The fraction of sp³-hybridized carbons (Fsp3) is 0.304. The number of carbonyl (C=O) groups excluding carboxylic acids is 1. The van der Waals surface area contributed by atoms with Crippen molar-refractivity contribution in [3.05, 3.63) is 58.7 Å². The molecule has 0 bridgehead atoms. The highest BCUT2D eigenvalue weighted by Gasteiger charge is 2.22. The van der Waals surface area contributed by atoms with E-state index in [1.54, 1.807) is 30.3 Å². The maximum Gasteiger partial charge on any atom is 0.274 e. The van der Waals surface area contributed by atoms with E-state index in [-0.39, 0.29) is 17.5 Å². The van der Waals surface area contributed by atoms with Crippen molar-refractivity contribution >= 4 is 45.0 Å². The summed E-state index contributed by atoms with van der Waals surface area (Å²) in [5, 5.41) is 11.2. The van der Waals surface area contributed by atoms with Gasteiger partial charge in [0.05, 0.1) is 19.0 Å². The number of carbonyl (C=O) groups is 1. The molecular formula is C23H26BrFN8O2. The smallest absolute Gasteiger partial charge is 0.274 e. The summed E-state index contributed by atoms with van der Waals surface area (Å²) in [6.45, 7) is 5.69. The molecule has 0 saturated carbocycles. The number of ether oxygens (including phenoxy) is 1. The van der Waals surface area contributed by atoms with E-state index in [9.17, 15) is 9.18 Å². The number of pyridine rings is 1. The monoisotopic (exact) mass is 544 g/mol. The van der Waals surface area contributed by atoms with Crippen LogP contribution in [-0.2, 0) is 0 Å². The number of halogens is 2. The van der Waals surface area contributed by atoms with Gasteiger partial charge in [0, 0.05) is 41.5 Å². The number of benzene rings is 1. The van der Waals surface area contributed by atoms with E-state index >= 15 is 0 Å². The molecule has 3 heterocycles. The zero-order valence-electron chi connectivity index (χ0n) is 19.5. The van der Waals surface area contributed by atoms with Crippen LogP contribution in [0.1, 0.15) is 24.3 Å². The number of piperazine rings is 1. The summed E-state index contributed by atoms with van der Waals surface area (Å²) < 4.78 is 20.6. The molecule has 0 unspecified atom stereocenters. The molecule has 0 aliphatic carbocycles. The maximum atomic E-state index is 14.5. The van der Waals surface area contributed by atoms with Gasteiger partial charge in [0.25, 0.3) is 5.91 Å². The Labute approximate surface area is 210 Å². The van der Waals surface area contributed by atoms with Crippen LogP contribution in [0.2, 0.25) is 0 Å². The van der Waals surface area contributed by atoms with E-state index in [4.69, 9.17) is 4.74 Å². The van der Waals surface area contributed by atoms with Gasteiger partial charge in [0.15, 0.2) is 11.6 Å². The molecule has 1 aliphatic heterocycles. The first-order valence-electron chi connectivity index (χ1n) is 11.0. The van der Waals surface area contributed by atoms with Crippen molar-refractivity contribution in [2.24, 2.45) is 0 Å². The van der Waals surface area contributed by atoms with Crippen LogP contribution in [0.4, 0.5) is 27.5 Å². The highest BCUT2D eigenvalue weighted by Crippen LogP contribution is 2.30. The topological polar surface area (TPSA) is 116 Å². The Balaban J connectivity index is 1.51. The number of aromatic nitrogens is 3. The highest BCUT2D eigenvalue weighted by atomic mass is 79.9. The number of rotatable bonds is 7. The zero-order valence-corrected chi connectivity index (χ0v) is 21.1. The van der Waals surface area contributed by atoms with Gasteiger partial charge in [0.1, 0.15) is 11.4 Å². The van der Waals surface area contributed by atoms with Crippen molar-refractivity contribution in [1.29, 1.82) is 0 Å². The molecule has 1 fully saturated rings. The highest BCUT2D eigenvalue weighted by molar-refractivity contribution is 9.10. The second-order valence-electron chi connectivity index (χ2n) is 8.23. The first kappa shape index (κ1) is 24.8. The van der Waals surface area contributed by atoms with Crippen molar-refractivity contribution in [3.63, 3.8) is 0 Å². The van der Waals surface area contributed by atoms with E-state index in [1.165, 1.54) is 13.3 Å². The number of hydrogen-bond acceptors (Lipinski definition) is 9. The normalized spacial score (nSPS) is 18.1. The van der Waals surface area contributed by atoms with Crippen molar-refractivity contribution in [1.82, 2.24) is 25.3 Å². The van der Waals surface area contributed by atoms with E-state index in [0.29, 0.717) is 29.2 Å². The molecule has 12 heteroatoms. The molecule has 4 N–H and O–H groups in total. The molecule has 2 atom stereocenters. The van der Waals surface area contributed by atoms with Crippen LogP contribution in [0, 0.1) is 5.82 Å². The summed E-state index contributed by atoms with van der Waals surface area (Å²) in [7, 11) is 1.50. The second-order valence-corrected chi connectivity index (χ2v) is 9.15. The molecule has 0 radical (unpaired) electrons. The van der Waals surface area contributed by atoms with Crippen LogP contribution in [0.5, 0.6) is 5.75 Å². The summed E-state index contributed by atoms with van der Waals surface area (Å²) in [6.07, 6.45) is 2.65. The van der Waals surface area contributed by atoms with Gasteiger partial charge in [-0.15, -0.1) is 0 Å². The molecule has 1 amide bonds. The first-order valence-corrected chi connectivity index (χ1v) is 11.8. The molecule has 35 heavy (non-hydrogen) atoms. The summed E-state index contributed by atoms with van der Waals surface area (Å²) in [6, 6.07) is 8.90. The second kappa shape index (κ2) is 10.9. The van der Waals surface area contributed by atoms with Crippen molar-refractivity contribution in [3.8, 4) is 5.75 Å². The number of nitrogens with one attached hydrogen (secondary N) is 4. The van der Waals surface area contributed by atoms with Gasteiger partial charge in [0.2, 0.25) is 5.95 Å². The lowest BCUT2D eigenvalue weighted by Gasteiger charge is -2.35. The van der Waals surface area contributed by atoms with E-state index in [1.807, 2.05) is 5.01 Å². The minimum atomic E-state index is -0.613. The Morgan fingerprint density at radius 3 is 2.63 bits per heavy atom. The summed E-state index contributed by atoms with van der Waals surface area (Å²) in [5.74, 6) is -0.312. The molecule has 10 nitrogen and oxygen atoms in total. The maximum absolute atomic E-state index is 14.5. The Hall–Kier alpha value is -3.35. The summed E-state index contributed by atoms with van der Waals surface area (Å²) in [4.78, 5) is 25.1. The van der Waals surface area contributed by atoms with Crippen LogP contribution >= 0.6 is 15.9 Å². The molecule has 1 saturated heterocycles. The minimum Gasteiger partial charge on any atom is -0.495 e. The third-order valence-electron chi connectivity index (χ3n) is 5.23. The SMILES string of the molecule is COc1ccc(Nc2nc(NN3C[C@@H](C)N[C@@H](C)C3)ncc2F)cc1NC(=O)c1ccc(Br)cn1. The van der Waals surface area contributed by atoms with Crippen molar-refractivity contribution < 1.29 is 13.9 Å². The van der Waals surface area contributed by atoms with Gasteiger partial charge in [-0.05, 0) is 60.1 Å². The number of hydrazine groups is 1. The standard InChI is InChI=1S/C23H26BrFN8O2/c1-13-11-33(12-14(2)28-13)32-23-27-10-17(25)21(31-23)29-16-5-7-20(35-3)19(8-16)30-22(34)18-6-4-15(24)9-26-18/h4-10,13-14,28H,11-12H2,1-3H3,(H,30,34)(H2,27,29,31,32)/t13-,14+. The lowest BCUT2D eigenvalue weighted by Crippen LogP contribution is -2.55. The van der Waals surface area contributed by atoms with Gasteiger partial charge in [-0.1, -0.05) is 0 Å². The quantitative estimate of drug-likeness (QED) is 0.352. The molecule has 3 aromatic rings. The number of methoxy groups -OCH3 is 1. The van der Waals surface area contributed by atoms with Crippen LogP contribution in [0.3, 0.4) is 0 Å².